The average molecular weight is 173 g/mol. The van der Waals surface area contributed by atoms with E-state index in [-0.39, 0.29) is 0 Å². The number of nitrogens with zero attached hydrogens (tertiary/aromatic N) is 3. The molecule has 66 valence electrons. The SMILES string of the molecule is CC(C)OC(=O)C(=[N+]=[N-])[N+](=O)[O-]. The topological polar surface area (TPSA) is 106 Å². The fraction of sp³-hybridized carbons (Fsp3) is 0.600. The fourth-order valence-corrected chi connectivity index (χ4v) is 0.419. The number of hydrogen-bond donors (Lipinski definition) is 0. The molecule has 0 fully saturated rings. The number of amidine groups is 1. The number of hydrogen-bond acceptors (Lipinski definition) is 4. The Kier molecular flexibility index (Phi) is 3.58. The molecule has 0 saturated heterocycles. The van der Waals surface area contributed by atoms with Crippen LogP contribution in [0.3, 0.4) is 0 Å². The van der Waals surface area contributed by atoms with Gasteiger partial charge in [0.2, 0.25) is 0 Å². The van der Waals surface area contributed by atoms with Crippen LogP contribution in [0.15, 0.2) is 0 Å². The van der Waals surface area contributed by atoms with Gasteiger partial charge in [-0.05, 0) is 13.8 Å². The van der Waals surface area contributed by atoms with Crippen LogP contribution in [0.4, 0.5) is 0 Å². The molecule has 0 aliphatic carbocycles. The zero-order valence-corrected chi connectivity index (χ0v) is 6.55. The van der Waals surface area contributed by atoms with Crippen LogP contribution in [-0.2, 0) is 9.53 Å². The van der Waals surface area contributed by atoms with Crippen molar-refractivity contribution in [3.63, 3.8) is 0 Å². The summed E-state index contributed by atoms with van der Waals surface area (Å²) in [5, 5.41) is 9.97. The molecule has 0 spiro atoms. The highest BCUT2D eigenvalue weighted by atomic mass is 16.6. The van der Waals surface area contributed by atoms with E-state index in [0.29, 0.717) is 0 Å². The van der Waals surface area contributed by atoms with E-state index in [2.05, 4.69) is 9.53 Å². The van der Waals surface area contributed by atoms with Gasteiger partial charge in [-0.2, -0.15) is 0 Å². The summed E-state index contributed by atoms with van der Waals surface area (Å²) in [6, 6.07) is 0. The summed E-state index contributed by atoms with van der Waals surface area (Å²) in [5.41, 5.74) is 8.03. The lowest BCUT2D eigenvalue weighted by Gasteiger charge is -2.00. The summed E-state index contributed by atoms with van der Waals surface area (Å²) >= 11 is 0. The lowest BCUT2D eigenvalue weighted by molar-refractivity contribution is -0.383. The second-order valence-corrected chi connectivity index (χ2v) is 2.13. The molecule has 0 radical (unpaired) electrons. The van der Waals surface area contributed by atoms with Gasteiger partial charge in [0.1, 0.15) is 0 Å². The molecule has 0 atom stereocenters. The molecule has 0 aromatic rings. The number of ether oxygens (including phenoxy) is 1. The fourth-order valence-electron chi connectivity index (χ4n) is 0.419. The summed E-state index contributed by atoms with van der Waals surface area (Å²) in [6.45, 7) is 3.04. The maximum atomic E-state index is 10.7. The van der Waals surface area contributed by atoms with Crippen molar-refractivity contribution in [2.45, 2.75) is 20.0 Å². The molecule has 12 heavy (non-hydrogen) atoms. The average Bonchev–Trinajstić information content (AvgIpc) is 1.85. The van der Waals surface area contributed by atoms with Crippen molar-refractivity contribution in [1.82, 2.24) is 0 Å². The minimum Gasteiger partial charge on any atom is -0.449 e. The van der Waals surface area contributed by atoms with Gasteiger partial charge in [0.05, 0.1) is 6.10 Å². The molecule has 0 aromatic carbocycles. The van der Waals surface area contributed by atoms with Gasteiger partial charge < -0.3 is 10.3 Å². The third kappa shape index (κ3) is 2.89. The van der Waals surface area contributed by atoms with Crippen molar-refractivity contribution in [2.24, 2.45) is 0 Å². The Morgan fingerprint density at radius 3 is 2.42 bits per heavy atom. The molecule has 0 unspecified atom stereocenters. The first-order valence-corrected chi connectivity index (χ1v) is 3.06. The van der Waals surface area contributed by atoms with E-state index in [1.807, 2.05) is 0 Å². The van der Waals surface area contributed by atoms with Crippen molar-refractivity contribution >= 4 is 11.8 Å². The van der Waals surface area contributed by atoms with Gasteiger partial charge in [-0.15, -0.1) is 0 Å². The van der Waals surface area contributed by atoms with Crippen LogP contribution in [0.2, 0.25) is 0 Å². The number of carbonyl (C=O) groups excluding carboxylic acids is 1. The van der Waals surface area contributed by atoms with E-state index in [1.54, 1.807) is 0 Å². The quantitative estimate of drug-likeness (QED) is 0.104. The molecule has 0 rings (SSSR count). The second-order valence-electron chi connectivity index (χ2n) is 2.13. The molecule has 0 aromatic heterocycles. The second kappa shape index (κ2) is 4.20. The zero-order chi connectivity index (χ0) is 9.72. The standard InChI is InChI=1S/C5H7N3O4/c1-3(2)12-5(9)4(7-6)8(10)11/h3H,1-2H3. The molecule has 7 heteroatoms. The minimum absolute atomic E-state index is 0.491. The molecule has 0 bridgehead atoms. The lowest BCUT2D eigenvalue weighted by atomic mass is 10.5. The molecular formula is C5H7N3O4. The largest absolute Gasteiger partial charge is 0.690 e. The van der Waals surface area contributed by atoms with Gasteiger partial charge in [-0.25, -0.2) is 4.79 Å². The van der Waals surface area contributed by atoms with Crippen molar-refractivity contribution in [3.8, 4) is 0 Å². The normalized spacial score (nSPS) is 8.92. The van der Waals surface area contributed by atoms with Gasteiger partial charge in [0.15, 0.2) is 4.92 Å². The Morgan fingerprint density at radius 1 is 1.67 bits per heavy atom. The Bertz CT molecular complexity index is 253. The molecule has 0 aliphatic rings. The number of carbonyl (C=O) groups is 1. The van der Waals surface area contributed by atoms with Crippen molar-refractivity contribution in [1.29, 1.82) is 0 Å². The van der Waals surface area contributed by atoms with E-state index >= 15 is 0 Å². The highest BCUT2D eigenvalue weighted by Crippen LogP contribution is 1.90. The first kappa shape index (κ1) is 10.2. The van der Waals surface area contributed by atoms with Crippen LogP contribution in [0.5, 0.6) is 0 Å². The highest BCUT2D eigenvalue weighted by Gasteiger charge is 2.37. The summed E-state index contributed by atoms with van der Waals surface area (Å²) in [4.78, 5) is 21.7. The third-order valence-corrected chi connectivity index (χ3v) is 0.793. The monoisotopic (exact) mass is 173 g/mol. The summed E-state index contributed by atoms with van der Waals surface area (Å²) in [5.74, 6) is -2.47. The molecule has 0 N–H and O–H groups in total. The van der Waals surface area contributed by atoms with E-state index in [9.17, 15) is 14.9 Å². The van der Waals surface area contributed by atoms with Crippen LogP contribution < -0.4 is 0 Å². The van der Waals surface area contributed by atoms with Crippen molar-refractivity contribution in [2.75, 3.05) is 0 Å². The van der Waals surface area contributed by atoms with E-state index in [4.69, 9.17) is 5.53 Å². The smallest absolute Gasteiger partial charge is 0.449 e. The molecule has 0 saturated carbocycles. The summed E-state index contributed by atoms with van der Waals surface area (Å²) < 4.78 is 4.39. The van der Waals surface area contributed by atoms with Crippen molar-refractivity contribution in [3.05, 3.63) is 15.6 Å². The summed E-state index contributed by atoms with van der Waals surface area (Å²) in [7, 11) is 0. The number of esters is 1. The predicted octanol–water partition coefficient (Wildman–Crippen LogP) is -0.157. The molecule has 0 heterocycles. The number of rotatable bonds is 1. The minimum atomic E-state index is -1.25. The molecular weight excluding hydrogens is 166 g/mol. The van der Waals surface area contributed by atoms with Gasteiger partial charge in [-0.3, -0.25) is 10.1 Å². The van der Waals surface area contributed by atoms with Crippen LogP contribution >= 0.6 is 0 Å². The molecule has 0 aliphatic heterocycles. The van der Waals surface area contributed by atoms with Crippen molar-refractivity contribution < 1.29 is 19.2 Å². The Morgan fingerprint density at radius 2 is 2.17 bits per heavy atom. The first-order valence-electron chi connectivity index (χ1n) is 3.06. The lowest BCUT2D eigenvalue weighted by Crippen LogP contribution is -2.28. The van der Waals surface area contributed by atoms with Crippen LogP contribution in [0.25, 0.3) is 5.53 Å². The Hall–Kier alpha value is -1.75. The maximum absolute atomic E-state index is 10.7. The van der Waals surface area contributed by atoms with E-state index in [1.165, 1.54) is 13.8 Å². The third-order valence-electron chi connectivity index (χ3n) is 0.793. The van der Waals surface area contributed by atoms with E-state index < -0.39 is 22.8 Å². The van der Waals surface area contributed by atoms with E-state index in [0.717, 1.165) is 0 Å². The number of nitro groups is 1. The molecule has 7 nitrogen and oxygen atoms in total. The Balaban J connectivity index is 4.47. The van der Waals surface area contributed by atoms with Gasteiger partial charge in [0, 0.05) is 0 Å². The van der Waals surface area contributed by atoms with Gasteiger partial charge in [0.25, 0.3) is 0 Å². The predicted molar refractivity (Wildman–Crippen MR) is 36.8 cm³/mol. The zero-order valence-electron chi connectivity index (χ0n) is 6.55. The summed E-state index contributed by atoms with van der Waals surface area (Å²) in [6.07, 6.45) is -0.491. The molecule has 0 amide bonds. The van der Waals surface area contributed by atoms with Crippen LogP contribution in [0, 0.1) is 10.1 Å². The van der Waals surface area contributed by atoms with Gasteiger partial charge in [-0.1, -0.05) is 4.79 Å². The van der Waals surface area contributed by atoms with Gasteiger partial charge >= 0.3 is 11.8 Å². The first-order chi connectivity index (χ1) is 5.49. The Labute approximate surface area is 67.7 Å². The van der Waals surface area contributed by atoms with Crippen LogP contribution in [0.1, 0.15) is 13.8 Å². The highest BCUT2D eigenvalue weighted by molar-refractivity contribution is 6.28. The van der Waals surface area contributed by atoms with Crippen LogP contribution in [-0.4, -0.2) is 27.6 Å². The maximum Gasteiger partial charge on any atom is 0.690 e.